The summed E-state index contributed by atoms with van der Waals surface area (Å²) in [6.45, 7) is 3.73. The highest BCUT2D eigenvalue weighted by Crippen LogP contribution is 2.32. The van der Waals surface area contributed by atoms with Crippen LogP contribution in [0.15, 0.2) is 76.2 Å². The zero-order valence-corrected chi connectivity index (χ0v) is 20.1. The van der Waals surface area contributed by atoms with Crippen molar-refractivity contribution in [3.63, 3.8) is 0 Å². The summed E-state index contributed by atoms with van der Waals surface area (Å²) in [6, 6.07) is 16.1. The largest absolute Gasteiger partial charge is 0.493 e. The van der Waals surface area contributed by atoms with Gasteiger partial charge in [0.15, 0.2) is 17.2 Å². The van der Waals surface area contributed by atoms with Gasteiger partial charge in [-0.05, 0) is 67.4 Å². The lowest BCUT2D eigenvalue weighted by molar-refractivity contribution is -0.129. The second kappa shape index (κ2) is 9.32. The average Bonchev–Trinajstić information content (AvgIpc) is 3.16. The molecule has 3 aromatic rings. The first kappa shape index (κ1) is 23.5. The number of rotatable bonds is 6. The zero-order chi connectivity index (χ0) is 24.5. The molecule has 9 heteroatoms. The van der Waals surface area contributed by atoms with Crippen LogP contribution in [0, 0.1) is 13.8 Å². The van der Waals surface area contributed by atoms with Crippen LogP contribution in [0.2, 0.25) is 5.02 Å². The lowest BCUT2D eigenvalue weighted by Gasteiger charge is -2.11. The van der Waals surface area contributed by atoms with Gasteiger partial charge in [0.05, 0.1) is 7.11 Å². The van der Waals surface area contributed by atoms with Crippen LogP contribution in [0.3, 0.4) is 0 Å². The Morgan fingerprint density at radius 3 is 2.38 bits per heavy atom. The quantitative estimate of drug-likeness (QED) is 0.268. The molecule has 3 aromatic carbocycles. The maximum absolute atomic E-state index is 12.6. The molecule has 174 valence electrons. The number of aryl methyl sites for hydroxylation is 2. The first-order valence-electron chi connectivity index (χ1n) is 10.1. The third kappa shape index (κ3) is 4.98. The van der Waals surface area contributed by atoms with Crippen molar-refractivity contribution >= 4 is 39.7 Å². The summed E-state index contributed by atoms with van der Waals surface area (Å²) in [5.74, 6) is -0.286. The van der Waals surface area contributed by atoms with Crippen LogP contribution < -0.4 is 8.92 Å². The maximum atomic E-state index is 12.6. The number of nitrogens with zero attached hydrogens (tertiary/aromatic N) is 1. The maximum Gasteiger partial charge on any atom is 0.363 e. The van der Waals surface area contributed by atoms with Crippen LogP contribution in [0.5, 0.6) is 11.5 Å². The van der Waals surface area contributed by atoms with E-state index in [1.54, 1.807) is 30.3 Å². The van der Waals surface area contributed by atoms with E-state index in [-0.39, 0.29) is 28.0 Å². The van der Waals surface area contributed by atoms with Gasteiger partial charge in [0.1, 0.15) is 4.90 Å². The van der Waals surface area contributed by atoms with E-state index >= 15 is 0 Å². The first-order valence-corrected chi connectivity index (χ1v) is 11.9. The van der Waals surface area contributed by atoms with E-state index < -0.39 is 16.1 Å². The van der Waals surface area contributed by atoms with E-state index in [9.17, 15) is 13.2 Å². The predicted molar refractivity (Wildman–Crippen MR) is 129 cm³/mol. The van der Waals surface area contributed by atoms with Gasteiger partial charge in [0, 0.05) is 10.6 Å². The molecule has 0 atom stereocenters. The summed E-state index contributed by atoms with van der Waals surface area (Å²) in [6.07, 6.45) is 1.51. The monoisotopic (exact) mass is 497 g/mol. The van der Waals surface area contributed by atoms with Crippen molar-refractivity contribution in [2.45, 2.75) is 18.7 Å². The Labute approximate surface area is 202 Å². The number of halogens is 1. The van der Waals surface area contributed by atoms with E-state index in [4.69, 9.17) is 25.3 Å². The Morgan fingerprint density at radius 1 is 0.971 bits per heavy atom. The summed E-state index contributed by atoms with van der Waals surface area (Å²) >= 11 is 6.16. The molecule has 4 rings (SSSR count). The Morgan fingerprint density at radius 2 is 1.71 bits per heavy atom. The third-order valence-electron chi connectivity index (χ3n) is 5.04. The fraction of sp³-hybridized carbons (Fsp3) is 0.120. The minimum Gasteiger partial charge on any atom is -0.493 e. The molecule has 1 heterocycles. The van der Waals surface area contributed by atoms with Gasteiger partial charge < -0.3 is 13.7 Å². The number of esters is 1. The molecular weight excluding hydrogens is 478 g/mol. The van der Waals surface area contributed by atoms with Gasteiger partial charge in [0.25, 0.3) is 0 Å². The molecule has 34 heavy (non-hydrogen) atoms. The molecule has 0 N–H and O–H groups in total. The number of aliphatic imine (C=N–C) groups is 1. The third-order valence-corrected chi connectivity index (χ3v) is 6.70. The molecule has 0 saturated heterocycles. The molecule has 0 fully saturated rings. The van der Waals surface area contributed by atoms with Gasteiger partial charge in [-0.3, -0.25) is 0 Å². The molecule has 0 bridgehead atoms. The number of carbonyl (C=O) groups is 1. The first-order chi connectivity index (χ1) is 16.2. The van der Waals surface area contributed by atoms with Crippen molar-refractivity contribution in [1.82, 2.24) is 0 Å². The van der Waals surface area contributed by atoms with Crippen molar-refractivity contribution in [2.75, 3.05) is 7.11 Å². The Kier molecular flexibility index (Phi) is 6.45. The number of hydrogen-bond donors (Lipinski definition) is 0. The van der Waals surface area contributed by atoms with Crippen LogP contribution in [-0.2, 0) is 19.6 Å². The minimum atomic E-state index is -4.05. The summed E-state index contributed by atoms with van der Waals surface area (Å²) < 4.78 is 41.1. The normalized spacial score (nSPS) is 14.6. The van der Waals surface area contributed by atoms with Gasteiger partial charge in [-0.15, -0.1) is 0 Å². The Hall–Kier alpha value is -3.62. The van der Waals surface area contributed by atoms with E-state index in [1.165, 1.54) is 37.5 Å². The van der Waals surface area contributed by atoms with Gasteiger partial charge in [-0.1, -0.05) is 41.4 Å². The number of benzene rings is 3. The molecule has 1 aliphatic heterocycles. The van der Waals surface area contributed by atoms with Crippen molar-refractivity contribution < 1.29 is 26.9 Å². The number of methoxy groups -OCH3 is 1. The highest BCUT2D eigenvalue weighted by Gasteiger charge is 2.25. The second-order valence-corrected chi connectivity index (χ2v) is 9.51. The SMILES string of the molecule is COc1cc(/C=C2\N=C(c3ccc(C)c(Cl)c3)OC2=O)ccc1OS(=O)(=O)c1ccc(C)cc1. The van der Waals surface area contributed by atoms with Crippen LogP contribution >= 0.6 is 11.6 Å². The van der Waals surface area contributed by atoms with Gasteiger partial charge in [0.2, 0.25) is 5.90 Å². The standard InChI is InChI=1S/C25H20ClNO6S/c1-15-4-9-19(10-5-15)34(29,30)33-22-11-7-17(13-23(22)31-3)12-21-25(28)32-24(27-21)18-8-6-16(2)20(26)14-18/h4-14H,1-3H3/b21-12-. The average molecular weight is 498 g/mol. The fourth-order valence-electron chi connectivity index (χ4n) is 3.13. The summed E-state index contributed by atoms with van der Waals surface area (Å²) in [5, 5.41) is 0.537. The Bertz CT molecular complexity index is 1440. The molecule has 0 unspecified atom stereocenters. The number of hydrogen-bond acceptors (Lipinski definition) is 7. The predicted octanol–water partition coefficient (Wildman–Crippen LogP) is 5.08. The fourth-order valence-corrected chi connectivity index (χ4v) is 4.25. The molecule has 0 spiro atoms. The smallest absolute Gasteiger partial charge is 0.363 e. The van der Waals surface area contributed by atoms with E-state index in [2.05, 4.69) is 4.99 Å². The van der Waals surface area contributed by atoms with Crippen LogP contribution in [-0.4, -0.2) is 27.4 Å². The Balaban J connectivity index is 1.61. The molecule has 1 aliphatic rings. The zero-order valence-electron chi connectivity index (χ0n) is 18.5. The van der Waals surface area contributed by atoms with Crippen molar-refractivity contribution in [1.29, 1.82) is 0 Å². The number of carbonyl (C=O) groups excluding carboxylic acids is 1. The number of ether oxygens (including phenoxy) is 2. The molecule has 0 amide bonds. The highest BCUT2D eigenvalue weighted by molar-refractivity contribution is 7.87. The molecule has 0 aliphatic carbocycles. The van der Waals surface area contributed by atoms with Crippen LogP contribution in [0.1, 0.15) is 22.3 Å². The highest BCUT2D eigenvalue weighted by atomic mass is 35.5. The van der Waals surface area contributed by atoms with Gasteiger partial charge >= 0.3 is 16.1 Å². The van der Waals surface area contributed by atoms with Gasteiger partial charge in [-0.2, -0.15) is 8.42 Å². The molecular formula is C25H20ClNO6S. The molecule has 7 nitrogen and oxygen atoms in total. The summed E-state index contributed by atoms with van der Waals surface area (Å²) in [4.78, 5) is 16.6. The topological polar surface area (TPSA) is 91.3 Å². The van der Waals surface area contributed by atoms with E-state index in [1.807, 2.05) is 19.9 Å². The lowest BCUT2D eigenvalue weighted by Crippen LogP contribution is -2.10. The van der Waals surface area contributed by atoms with Crippen molar-refractivity contribution in [2.24, 2.45) is 4.99 Å². The van der Waals surface area contributed by atoms with Crippen LogP contribution in [0.4, 0.5) is 0 Å². The summed E-state index contributed by atoms with van der Waals surface area (Å²) in [7, 11) is -2.67. The lowest BCUT2D eigenvalue weighted by atomic mass is 10.1. The molecule has 0 aromatic heterocycles. The second-order valence-electron chi connectivity index (χ2n) is 7.56. The van der Waals surface area contributed by atoms with E-state index in [0.717, 1.165) is 11.1 Å². The summed E-state index contributed by atoms with van der Waals surface area (Å²) in [5.41, 5.74) is 3.01. The van der Waals surface area contributed by atoms with Gasteiger partial charge in [-0.25, -0.2) is 9.79 Å². The van der Waals surface area contributed by atoms with Crippen molar-refractivity contribution in [3.8, 4) is 11.5 Å². The minimum absolute atomic E-state index is 0.0118. The van der Waals surface area contributed by atoms with Crippen molar-refractivity contribution in [3.05, 3.63) is 93.6 Å². The van der Waals surface area contributed by atoms with Crippen LogP contribution in [0.25, 0.3) is 6.08 Å². The molecule has 0 saturated carbocycles. The number of cyclic esters (lactones) is 1. The van der Waals surface area contributed by atoms with E-state index in [0.29, 0.717) is 16.1 Å². The molecule has 0 radical (unpaired) electrons.